The Labute approximate surface area is 147 Å². The summed E-state index contributed by atoms with van der Waals surface area (Å²) in [5, 5.41) is 8.98. The van der Waals surface area contributed by atoms with E-state index in [2.05, 4.69) is 16.0 Å². The van der Waals surface area contributed by atoms with Crippen molar-refractivity contribution in [3.63, 3.8) is 0 Å². The van der Waals surface area contributed by atoms with Crippen molar-refractivity contribution >= 4 is 17.5 Å². The predicted octanol–water partition coefficient (Wildman–Crippen LogP) is 2.87. The molecule has 0 spiro atoms. The molecular formula is C20H23N3O2. The molecule has 1 fully saturated rings. The Morgan fingerprint density at radius 1 is 1.04 bits per heavy atom. The van der Waals surface area contributed by atoms with Gasteiger partial charge in [0.05, 0.1) is 17.8 Å². The monoisotopic (exact) mass is 337 g/mol. The number of nitrogens with one attached hydrogen (secondary N) is 3. The Bertz CT molecular complexity index is 742. The van der Waals surface area contributed by atoms with Crippen LogP contribution in [0, 0.1) is 0 Å². The van der Waals surface area contributed by atoms with Crippen molar-refractivity contribution in [2.45, 2.75) is 31.8 Å². The summed E-state index contributed by atoms with van der Waals surface area (Å²) in [6, 6.07) is 17.4. The highest BCUT2D eigenvalue weighted by molar-refractivity contribution is 6.04. The number of benzene rings is 2. The van der Waals surface area contributed by atoms with Crippen LogP contribution in [0.4, 0.5) is 5.69 Å². The number of anilines is 1. The van der Waals surface area contributed by atoms with E-state index >= 15 is 0 Å². The SMILES string of the molecule is C[C@@H](NCC(=O)Nc1ccccc1C(=O)NC1CC1)c1ccccc1. The highest BCUT2D eigenvalue weighted by atomic mass is 16.2. The van der Waals surface area contributed by atoms with Gasteiger partial charge in [0.15, 0.2) is 0 Å². The third kappa shape index (κ3) is 4.90. The summed E-state index contributed by atoms with van der Waals surface area (Å²) in [6.45, 7) is 2.19. The second-order valence-corrected chi connectivity index (χ2v) is 6.35. The highest BCUT2D eigenvalue weighted by Gasteiger charge is 2.25. The minimum atomic E-state index is -0.172. The van der Waals surface area contributed by atoms with E-state index in [1.165, 1.54) is 0 Å². The van der Waals surface area contributed by atoms with Crippen LogP contribution >= 0.6 is 0 Å². The molecule has 0 heterocycles. The zero-order chi connectivity index (χ0) is 17.6. The van der Waals surface area contributed by atoms with Gasteiger partial charge in [-0.1, -0.05) is 42.5 Å². The van der Waals surface area contributed by atoms with E-state index in [0.29, 0.717) is 11.3 Å². The molecular weight excluding hydrogens is 314 g/mol. The van der Waals surface area contributed by atoms with Crippen molar-refractivity contribution < 1.29 is 9.59 Å². The van der Waals surface area contributed by atoms with Crippen LogP contribution in [0.25, 0.3) is 0 Å². The van der Waals surface area contributed by atoms with Gasteiger partial charge in [-0.15, -0.1) is 0 Å². The molecule has 5 heteroatoms. The quantitative estimate of drug-likeness (QED) is 0.727. The lowest BCUT2D eigenvalue weighted by atomic mass is 10.1. The van der Waals surface area contributed by atoms with Crippen molar-refractivity contribution in [3.05, 3.63) is 65.7 Å². The maximum atomic E-state index is 12.3. The average molecular weight is 337 g/mol. The third-order valence-corrected chi connectivity index (χ3v) is 4.23. The summed E-state index contributed by atoms with van der Waals surface area (Å²) in [5.74, 6) is -0.307. The fraction of sp³-hybridized carbons (Fsp3) is 0.300. The molecule has 0 aliphatic heterocycles. The molecule has 2 aromatic carbocycles. The van der Waals surface area contributed by atoms with Gasteiger partial charge in [-0.25, -0.2) is 0 Å². The molecule has 1 atom stereocenters. The van der Waals surface area contributed by atoms with Gasteiger partial charge in [0, 0.05) is 12.1 Å². The van der Waals surface area contributed by atoms with Crippen LogP contribution < -0.4 is 16.0 Å². The fourth-order valence-electron chi connectivity index (χ4n) is 2.58. The van der Waals surface area contributed by atoms with Gasteiger partial charge in [-0.05, 0) is 37.5 Å². The van der Waals surface area contributed by atoms with E-state index in [4.69, 9.17) is 0 Å². The van der Waals surface area contributed by atoms with Crippen LogP contribution in [0.2, 0.25) is 0 Å². The average Bonchev–Trinajstić information content (AvgIpc) is 3.45. The standard InChI is InChI=1S/C20H23N3O2/c1-14(15-7-3-2-4-8-15)21-13-19(24)23-18-10-6-5-9-17(18)20(25)22-16-11-12-16/h2-10,14,16,21H,11-13H2,1H3,(H,22,25)(H,23,24)/t14-/m1/s1. The molecule has 25 heavy (non-hydrogen) atoms. The predicted molar refractivity (Wildman–Crippen MR) is 98.4 cm³/mol. The molecule has 1 saturated carbocycles. The summed E-state index contributed by atoms with van der Waals surface area (Å²) in [7, 11) is 0. The van der Waals surface area contributed by atoms with Crippen LogP contribution in [0.1, 0.15) is 41.7 Å². The number of carbonyl (C=O) groups is 2. The molecule has 2 aromatic rings. The fourth-order valence-corrected chi connectivity index (χ4v) is 2.58. The molecule has 0 radical (unpaired) electrons. The van der Waals surface area contributed by atoms with Gasteiger partial charge >= 0.3 is 0 Å². The molecule has 1 aliphatic rings. The Morgan fingerprint density at radius 3 is 2.44 bits per heavy atom. The van der Waals surface area contributed by atoms with Gasteiger partial charge in [0.2, 0.25) is 5.91 Å². The normalized spacial score (nSPS) is 14.6. The van der Waals surface area contributed by atoms with Gasteiger partial charge < -0.3 is 16.0 Å². The lowest BCUT2D eigenvalue weighted by molar-refractivity contribution is -0.115. The molecule has 0 bridgehead atoms. The summed E-state index contributed by atoms with van der Waals surface area (Å²) in [5.41, 5.74) is 2.16. The van der Waals surface area contributed by atoms with Crippen LogP contribution in [0.5, 0.6) is 0 Å². The number of hydrogen-bond donors (Lipinski definition) is 3. The van der Waals surface area contributed by atoms with Crippen LogP contribution in [0.3, 0.4) is 0 Å². The van der Waals surface area contributed by atoms with Crippen molar-refractivity contribution in [2.24, 2.45) is 0 Å². The minimum absolute atomic E-state index is 0.0698. The molecule has 2 amide bonds. The van der Waals surface area contributed by atoms with Gasteiger partial charge in [0.1, 0.15) is 0 Å². The van der Waals surface area contributed by atoms with Crippen molar-refractivity contribution in [3.8, 4) is 0 Å². The number of para-hydroxylation sites is 1. The first-order chi connectivity index (χ1) is 12.1. The number of hydrogen-bond acceptors (Lipinski definition) is 3. The van der Waals surface area contributed by atoms with Gasteiger partial charge in [-0.3, -0.25) is 9.59 Å². The zero-order valence-electron chi connectivity index (χ0n) is 14.3. The third-order valence-electron chi connectivity index (χ3n) is 4.23. The number of carbonyl (C=O) groups excluding carboxylic acids is 2. The lowest BCUT2D eigenvalue weighted by Crippen LogP contribution is -2.31. The molecule has 0 saturated heterocycles. The molecule has 1 aliphatic carbocycles. The topological polar surface area (TPSA) is 70.2 Å². The first kappa shape index (κ1) is 17.2. The van der Waals surface area contributed by atoms with E-state index in [-0.39, 0.29) is 30.4 Å². The van der Waals surface area contributed by atoms with E-state index in [9.17, 15) is 9.59 Å². The maximum absolute atomic E-state index is 12.3. The lowest BCUT2D eigenvalue weighted by Gasteiger charge is -2.15. The second kappa shape index (κ2) is 7.94. The van der Waals surface area contributed by atoms with Crippen LogP contribution in [-0.2, 0) is 4.79 Å². The molecule has 5 nitrogen and oxygen atoms in total. The second-order valence-electron chi connectivity index (χ2n) is 6.35. The van der Waals surface area contributed by atoms with E-state index in [0.717, 1.165) is 18.4 Å². The first-order valence-electron chi connectivity index (χ1n) is 8.61. The largest absolute Gasteiger partial charge is 0.349 e. The van der Waals surface area contributed by atoms with Crippen LogP contribution in [0.15, 0.2) is 54.6 Å². The summed E-state index contributed by atoms with van der Waals surface area (Å²) in [4.78, 5) is 24.5. The minimum Gasteiger partial charge on any atom is -0.349 e. The van der Waals surface area contributed by atoms with E-state index < -0.39 is 0 Å². The highest BCUT2D eigenvalue weighted by Crippen LogP contribution is 2.21. The van der Waals surface area contributed by atoms with E-state index in [1.54, 1.807) is 18.2 Å². The summed E-state index contributed by atoms with van der Waals surface area (Å²) >= 11 is 0. The summed E-state index contributed by atoms with van der Waals surface area (Å²) < 4.78 is 0. The Hall–Kier alpha value is -2.66. The molecule has 130 valence electrons. The Balaban J connectivity index is 1.56. The van der Waals surface area contributed by atoms with Gasteiger partial charge in [-0.2, -0.15) is 0 Å². The van der Waals surface area contributed by atoms with Crippen molar-refractivity contribution in [2.75, 3.05) is 11.9 Å². The molecule has 0 aromatic heterocycles. The first-order valence-corrected chi connectivity index (χ1v) is 8.61. The maximum Gasteiger partial charge on any atom is 0.253 e. The number of rotatable bonds is 7. The molecule has 3 N–H and O–H groups in total. The smallest absolute Gasteiger partial charge is 0.253 e. The van der Waals surface area contributed by atoms with Gasteiger partial charge in [0.25, 0.3) is 5.91 Å². The van der Waals surface area contributed by atoms with Crippen molar-refractivity contribution in [1.29, 1.82) is 0 Å². The molecule has 3 rings (SSSR count). The summed E-state index contributed by atoms with van der Waals surface area (Å²) in [6.07, 6.45) is 2.06. The number of amides is 2. The Kier molecular flexibility index (Phi) is 5.46. The van der Waals surface area contributed by atoms with Crippen LogP contribution in [-0.4, -0.2) is 24.4 Å². The van der Waals surface area contributed by atoms with Crippen molar-refractivity contribution in [1.82, 2.24) is 10.6 Å². The van der Waals surface area contributed by atoms with E-state index in [1.807, 2.05) is 43.3 Å². The molecule has 0 unspecified atom stereocenters. The Morgan fingerprint density at radius 2 is 1.72 bits per heavy atom. The zero-order valence-corrected chi connectivity index (χ0v) is 14.3.